The predicted octanol–water partition coefficient (Wildman–Crippen LogP) is 3.17. The normalized spacial score (nSPS) is 17.4. The van der Waals surface area contributed by atoms with E-state index in [0.29, 0.717) is 5.76 Å². The van der Waals surface area contributed by atoms with Crippen molar-refractivity contribution in [1.29, 1.82) is 0 Å². The summed E-state index contributed by atoms with van der Waals surface area (Å²) in [5.41, 5.74) is -0.105. The number of rotatable bonds is 5. The lowest BCUT2D eigenvalue weighted by atomic mass is 10.1. The van der Waals surface area contributed by atoms with Gasteiger partial charge in [-0.2, -0.15) is 0 Å². The third-order valence-electron chi connectivity index (χ3n) is 3.88. The first-order chi connectivity index (χ1) is 12.3. The van der Waals surface area contributed by atoms with Crippen LogP contribution in [0.3, 0.4) is 0 Å². The molecule has 2 amide bonds. The van der Waals surface area contributed by atoms with E-state index in [1.807, 2.05) is 0 Å². The van der Waals surface area contributed by atoms with Gasteiger partial charge in [-0.15, -0.1) is 13.2 Å². The number of benzene rings is 1. The molecule has 1 atom stereocenters. The van der Waals surface area contributed by atoms with Gasteiger partial charge in [0.1, 0.15) is 5.76 Å². The first-order valence-electron chi connectivity index (χ1n) is 7.77. The fraction of sp³-hybridized carbons (Fsp3) is 0.294. The Morgan fingerprint density at radius 3 is 2.73 bits per heavy atom. The van der Waals surface area contributed by atoms with Crippen molar-refractivity contribution in [1.82, 2.24) is 4.90 Å². The van der Waals surface area contributed by atoms with Crippen LogP contribution < -0.4 is 10.1 Å². The molecule has 0 radical (unpaired) electrons. The molecule has 1 saturated heterocycles. The average molecular weight is 368 g/mol. The minimum atomic E-state index is -4.87. The van der Waals surface area contributed by atoms with Crippen molar-refractivity contribution in [3.05, 3.63) is 48.4 Å². The van der Waals surface area contributed by atoms with Crippen molar-refractivity contribution >= 4 is 17.5 Å². The SMILES string of the molecule is O=C(Nc1ccccc1OC(F)(F)F)C1CC(=O)N(Cc2ccco2)C1. The summed E-state index contributed by atoms with van der Waals surface area (Å²) in [7, 11) is 0. The van der Waals surface area contributed by atoms with Crippen molar-refractivity contribution in [3.63, 3.8) is 0 Å². The Morgan fingerprint density at radius 2 is 2.04 bits per heavy atom. The summed E-state index contributed by atoms with van der Waals surface area (Å²) < 4.78 is 46.4. The van der Waals surface area contributed by atoms with Crippen LogP contribution in [-0.4, -0.2) is 29.6 Å². The predicted molar refractivity (Wildman–Crippen MR) is 84.0 cm³/mol. The molecule has 1 aromatic heterocycles. The van der Waals surface area contributed by atoms with Gasteiger partial charge in [0.25, 0.3) is 0 Å². The average Bonchev–Trinajstić information content (AvgIpc) is 3.19. The van der Waals surface area contributed by atoms with E-state index >= 15 is 0 Å². The molecule has 2 heterocycles. The highest BCUT2D eigenvalue weighted by atomic mass is 19.4. The number of amides is 2. The fourth-order valence-corrected chi connectivity index (χ4v) is 2.71. The second-order valence-corrected chi connectivity index (χ2v) is 5.79. The number of nitrogens with zero attached hydrogens (tertiary/aromatic N) is 1. The van der Waals surface area contributed by atoms with Crippen LogP contribution in [0.4, 0.5) is 18.9 Å². The maximum Gasteiger partial charge on any atom is 0.573 e. The minimum absolute atomic E-state index is 0.0190. The number of alkyl halides is 3. The van der Waals surface area contributed by atoms with Gasteiger partial charge in [0.15, 0.2) is 5.75 Å². The Hall–Kier alpha value is -2.97. The van der Waals surface area contributed by atoms with Gasteiger partial charge in [-0.3, -0.25) is 9.59 Å². The van der Waals surface area contributed by atoms with Crippen LogP contribution in [-0.2, 0) is 16.1 Å². The molecule has 1 fully saturated rings. The van der Waals surface area contributed by atoms with Crippen molar-refractivity contribution in [2.45, 2.75) is 19.3 Å². The fourth-order valence-electron chi connectivity index (χ4n) is 2.71. The maximum atomic E-state index is 12.4. The Kier molecular flexibility index (Phi) is 4.88. The Balaban J connectivity index is 1.65. The van der Waals surface area contributed by atoms with Gasteiger partial charge in [-0.25, -0.2) is 0 Å². The molecule has 1 aliphatic heterocycles. The number of carbonyl (C=O) groups is 2. The molecule has 0 spiro atoms. The molecule has 26 heavy (non-hydrogen) atoms. The van der Waals surface area contributed by atoms with Crippen LogP contribution in [0.25, 0.3) is 0 Å². The second kappa shape index (κ2) is 7.11. The standard InChI is InChI=1S/C17H15F3N2O4/c18-17(19,20)26-14-6-2-1-5-13(14)21-16(24)11-8-15(23)22(9-11)10-12-4-3-7-25-12/h1-7,11H,8-10H2,(H,21,24). The summed E-state index contributed by atoms with van der Waals surface area (Å²) in [6.45, 7) is 0.400. The summed E-state index contributed by atoms with van der Waals surface area (Å²) in [5.74, 6) is -1.36. The molecular weight excluding hydrogens is 353 g/mol. The van der Waals surface area contributed by atoms with Crippen LogP contribution in [0, 0.1) is 5.92 Å². The number of nitrogens with one attached hydrogen (secondary N) is 1. The summed E-state index contributed by atoms with van der Waals surface area (Å²) >= 11 is 0. The molecule has 1 aromatic carbocycles. The van der Waals surface area contributed by atoms with Crippen molar-refractivity contribution in [2.75, 3.05) is 11.9 Å². The first-order valence-corrected chi connectivity index (χ1v) is 7.77. The van der Waals surface area contributed by atoms with Gasteiger partial charge in [-0.1, -0.05) is 12.1 Å². The van der Waals surface area contributed by atoms with E-state index in [0.717, 1.165) is 6.07 Å². The van der Waals surface area contributed by atoms with E-state index in [9.17, 15) is 22.8 Å². The monoisotopic (exact) mass is 368 g/mol. The van der Waals surface area contributed by atoms with E-state index < -0.39 is 23.9 Å². The summed E-state index contributed by atoms with van der Waals surface area (Å²) in [4.78, 5) is 25.9. The molecule has 0 aliphatic carbocycles. The highest BCUT2D eigenvalue weighted by Gasteiger charge is 2.36. The topological polar surface area (TPSA) is 71.8 Å². The van der Waals surface area contributed by atoms with Crippen LogP contribution >= 0.6 is 0 Å². The molecule has 1 unspecified atom stereocenters. The molecule has 0 saturated carbocycles. The summed E-state index contributed by atoms with van der Waals surface area (Å²) in [6.07, 6.45) is -3.41. The minimum Gasteiger partial charge on any atom is -0.467 e. The van der Waals surface area contributed by atoms with Gasteiger partial charge >= 0.3 is 6.36 Å². The quantitative estimate of drug-likeness (QED) is 0.880. The highest BCUT2D eigenvalue weighted by molar-refractivity contribution is 5.98. The molecule has 1 aliphatic rings. The number of anilines is 1. The van der Waals surface area contributed by atoms with Crippen molar-refractivity contribution < 1.29 is 31.9 Å². The van der Waals surface area contributed by atoms with Gasteiger partial charge in [0.05, 0.1) is 24.4 Å². The van der Waals surface area contributed by atoms with Gasteiger partial charge in [0, 0.05) is 13.0 Å². The number of para-hydroxylation sites is 2. The molecule has 9 heteroatoms. The number of likely N-dealkylation sites (tertiary alicyclic amines) is 1. The number of ether oxygens (including phenoxy) is 1. The third kappa shape index (κ3) is 4.35. The molecule has 1 N–H and O–H groups in total. The first kappa shape index (κ1) is 17.8. The second-order valence-electron chi connectivity index (χ2n) is 5.79. The van der Waals surface area contributed by atoms with E-state index in [-0.39, 0.29) is 31.1 Å². The largest absolute Gasteiger partial charge is 0.573 e. The number of hydrogen-bond acceptors (Lipinski definition) is 4. The zero-order valence-corrected chi connectivity index (χ0v) is 13.5. The van der Waals surface area contributed by atoms with Gasteiger partial charge < -0.3 is 19.4 Å². The lowest BCUT2D eigenvalue weighted by Crippen LogP contribution is -2.28. The van der Waals surface area contributed by atoms with E-state index in [2.05, 4.69) is 10.1 Å². The van der Waals surface area contributed by atoms with E-state index in [1.54, 1.807) is 12.1 Å². The number of furan rings is 1. The van der Waals surface area contributed by atoms with Crippen molar-refractivity contribution in [3.8, 4) is 5.75 Å². The highest BCUT2D eigenvalue weighted by Crippen LogP contribution is 2.31. The maximum absolute atomic E-state index is 12.4. The lowest BCUT2D eigenvalue weighted by Gasteiger charge is -2.16. The molecule has 0 bridgehead atoms. The van der Waals surface area contributed by atoms with E-state index in [4.69, 9.17) is 4.42 Å². The summed E-state index contributed by atoms with van der Waals surface area (Å²) in [5, 5.41) is 2.41. The lowest BCUT2D eigenvalue weighted by molar-refractivity contribution is -0.274. The van der Waals surface area contributed by atoms with E-state index in [1.165, 1.54) is 29.4 Å². The number of hydrogen-bond donors (Lipinski definition) is 1. The smallest absolute Gasteiger partial charge is 0.467 e. The van der Waals surface area contributed by atoms with Crippen LogP contribution in [0.1, 0.15) is 12.2 Å². The summed E-state index contributed by atoms with van der Waals surface area (Å²) in [6, 6.07) is 8.65. The molecule has 2 aromatic rings. The zero-order chi connectivity index (χ0) is 18.7. The van der Waals surface area contributed by atoms with Crippen molar-refractivity contribution in [2.24, 2.45) is 5.92 Å². The Morgan fingerprint density at radius 1 is 1.27 bits per heavy atom. The molecule has 3 rings (SSSR count). The zero-order valence-electron chi connectivity index (χ0n) is 13.5. The molecule has 138 valence electrons. The van der Waals surface area contributed by atoms with Gasteiger partial charge in [0.2, 0.25) is 11.8 Å². The number of carbonyl (C=O) groups excluding carboxylic acids is 2. The Labute approximate surface area is 146 Å². The van der Waals surface area contributed by atoms with Gasteiger partial charge in [-0.05, 0) is 24.3 Å². The third-order valence-corrected chi connectivity index (χ3v) is 3.88. The molecule has 6 nitrogen and oxygen atoms in total. The molecular formula is C17H15F3N2O4. The Bertz CT molecular complexity index is 790. The van der Waals surface area contributed by atoms with Crippen LogP contribution in [0.2, 0.25) is 0 Å². The van der Waals surface area contributed by atoms with Crippen LogP contribution in [0.15, 0.2) is 47.1 Å². The number of halogens is 3. The van der Waals surface area contributed by atoms with Crippen LogP contribution in [0.5, 0.6) is 5.75 Å².